The monoisotopic (exact) mass is 400 g/mol. The van der Waals surface area contributed by atoms with E-state index in [0.717, 1.165) is 42.9 Å². The molecule has 1 aliphatic heterocycles. The fourth-order valence-corrected chi connectivity index (χ4v) is 3.56. The van der Waals surface area contributed by atoms with Crippen LogP contribution in [0, 0.1) is 0 Å². The van der Waals surface area contributed by atoms with E-state index < -0.39 is 5.91 Å². The Balaban J connectivity index is 2.01. The van der Waals surface area contributed by atoms with Gasteiger partial charge in [-0.3, -0.25) is 4.79 Å². The van der Waals surface area contributed by atoms with Gasteiger partial charge in [-0.25, -0.2) is 0 Å². The van der Waals surface area contributed by atoms with Crippen LogP contribution in [0.4, 0.5) is 5.69 Å². The van der Waals surface area contributed by atoms with Crippen LogP contribution in [-0.4, -0.2) is 46.5 Å². The topological polar surface area (TPSA) is 92.0 Å². The van der Waals surface area contributed by atoms with Gasteiger partial charge >= 0.3 is 0 Å². The largest absolute Gasteiger partial charge is 0.493 e. The van der Waals surface area contributed by atoms with Crippen molar-refractivity contribution >= 4 is 11.6 Å². The van der Waals surface area contributed by atoms with Crippen molar-refractivity contribution in [3.8, 4) is 17.2 Å². The number of primary amides is 1. The van der Waals surface area contributed by atoms with E-state index in [9.17, 15) is 4.79 Å². The lowest BCUT2D eigenvalue weighted by molar-refractivity contribution is 0.0903. The molecule has 0 bridgehead atoms. The zero-order chi connectivity index (χ0) is 20.8. The summed E-state index contributed by atoms with van der Waals surface area (Å²) >= 11 is 0. The van der Waals surface area contributed by atoms with E-state index in [1.54, 1.807) is 33.5 Å². The Bertz CT molecular complexity index is 845. The summed E-state index contributed by atoms with van der Waals surface area (Å²) in [6.07, 6.45) is 2.47. The Morgan fingerprint density at radius 2 is 1.72 bits per heavy atom. The van der Waals surface area contributed by atoms with Crippen LogP contribution in [-0.2, 0) is 11.2 Å². The number of benzene rings is 2. The predicted octanol–water partition coefficient (Wildman–Crippen LogP) is 2.99. The van der Waals surface area contributed by atoms with E-state index in [0.29, 0.717) is 29.2 Å². The van der Waals surface area contributed by atoms with E-state index >= 15 is 0 Å². The SMILES string of the molecule is COc1cc(Cc2ccc(C(N)=O)cc2)c(NC2CCOCC2)c(OC)c1OC. The second-order valence-electron chi connectivity index (χ2n) is 6.95. The van der Waals surface area contributed by atoms with Crippen LogP contribution in [0.25, 0.3) is 0 Å². The molecule has 3 rings (SSSR count). The minimum atomic E-state index is -0.439. The first-order valence-corrected chi connectivity index (χ1v) is 9.62. The van der Waals surface area contributed by atoms with Gasteiger partial charge in [-0.05, 0) is 48.6 Å². The molecule has 1 amide bonds. The molecule has 0 radical (unpaired) electrons. The smallest absolute Gasteiger partial charge is 0.248 e. The average molecular weight is 400 g/mol. The van der Waals surface area contributed by atoms with Crippen molar-refractivity contribution in [3.63, 3.8) is 0 Å². The summed E-state index contributed by atoms with van der Waals surface area (Å²) < 4.78 is 22.3. The number of nitrogens with one attached hydrogen (secondary N) is 1. The number of hydrogen-bond donors (Lipinski definition) is 2. The zero-order valence-corrected chi connectivity index (χ0v) is 17.1. The fourth-order valence-electron chi connectivity index (χ4n) is 3.56. The van der Waals surface area contributed by atoms with Crippen LogP contribution in [0.5, 0.6) is 17.2 Å². The molecule has 7 heteroatoms. The van der Waals surface area contributed by atoms with Gasteiger partial charge in [-0.2, -0.15) is 0 Å². The lowest BCUT2D eigenvalue weighted by atomic mass is 9.99. The minimum Gasteiger partial charge on any atom is -0.493 e. The van der Waals surface area contributed by atoms with E-state index in [4.69, 9.17) is 24.7 Å². The third-order valence-electron chi connectivity index (χ3n) is 5.11. The number of methoxy groups -OCH3 is 3. The van der Waals surface area contributed by atoms with Gasteiger partial charge in [-0.1, -0.05) is 12.1 Å². The molecule has 0 saturated carbocycles. The van der Waals surface area contributed by atoms with Crippen LogP contribution in [0.2, 0.25) is 0 Å². The summed E-state index contributed by atoms with van der Waals surface area (Å²) in [5.74, 6) is 1.33. The van der Waals surface area contributed by atoms with Gasteiger partial charge < -0.3 is 30.0 Å². The summed E-state index contributed by atoms with van der Waals surface area (Å²) in [6, 6.07) is 9.53. The van der Waals surface area contributed by atoms with Gasteiger partial charge in [0.25, 0.3) is 0 Å². The molecule has 0 unspecified atom stereocenters. The Morgan fingerprint density at radius 1 is 1.07 bits per heavy atom. The number of ether oxygens (including phenoxy) is 4. The van der Waals surface area contributed by atoms with Crippen molar-refractivity contribution in [2.24, 2.45) is 5.73 Å². The van der Waals surface area contributed by atoms with E-state index in [1.165, 1.54) is 0 Å². The molecule has 0 atom stereocenters. The van der Waals surface area contributed by atoms with Crippen molar-refractivity contribution in [1.29, 1.82) is 0 Å². The van der Waals surface area contributed by atoms with Crippen molar-refractivity contribution in [3.05, 3.63) is 47.0 Å². The molecule has 0 aromatic heterocycles. The lowest BCUT2D eigenvalue weighted by Crippen LogP contribution is -2.28. The van der Waals surface area contributed by atoms with Gasteiger partial charge in [-0.15, -0.1) is 0 Å². The molecule has 1 fully saturated rings. The summed E-state index contributed by atoms with van der Waals surface area (Å²) in [6.45, 7) is 1.47. The molecular weight excluding hydrogens is 372 g/mol. The van der Waals surface area contributed by atoms with Gasteiger partial charge in [0.15, 0.2) is 11.5 Å². The van der Waals surface area contributed by atoms with Crippen molar-refractivity contribution in [2.75, 3.05) is 39.9 Å². The Kier molecular flexibility index (Phi) is 6.82. The molecule has 0 aliphatic carbocycles. The summed E-state index contributed by atoms with van der Waals surface area (Å²) in [5, 5.41) is 3.63. The first kappa shape index (κ1) is 20.8. The van der Waals surface area contributed by atoms with E-state index in [2.05, 4.69) is 5.32 Å². The lowest BCUT2D eigenvalue weighted by Gasteiger charge is -2.28. The minimum absolute atomic E-state index is 0.284. The van der Waals surface area contributed by atoms with Crippen LogP contribution in [0.15, 0.2) is 30.3 Å². The van der Waals surface area contributed by atoms with Crippen LogP contribution in [0.3, 0.4) is 0 Å². The number of carbonyl (C=O) groups is 1. The highest BCUT2D eigenvalue weighted by molar-refractivity contribution is 5.92. The molecule has 1 aliphatic rings. The van der Waals surface area contributed by atoms with Gasteiger partial charge in [0.05, 0.1) is 27.0 Å². The molecule has 1 heterocycles. The Labute approximate surface area is 171 Å². The number of amides is 1. The van der Waals surface area contributed by atoms with Gasteiger partial charge in [0.1, 0.15) is 0 Å². The maximum absolute atomic E-state index is 11.3. The second-order valence-corrected chi connectivity index (χ2v) is 6.95. The van der Waals surface area contributed by atoms with E-state index in [1.807, 2.05) is 18.2 Å². The van der Waals surface area contributed by atoms with Crippen molar-refractivity contribution < 1.29 is 23.7 Å². The van der Waals surface area contributed by atoms with Crippen LogP contribution in [0.1, 0.15) is 34.3 Å². The normalized spacial score (nSPS) is 14.3. The zero-order valence-electron chi connectivity index (χ0n) is 17.1. The molecule has 156 valence electrons. The van der Waals surface area contributed by atoms with Gasteiger partial charge in [0.2, 0.25) is 11.7 Å². The Hall–Kier alpha value is -2.93. The average Bonchev–Trinajstić information content (AvgIpc) is 2.75. The molecule has 3 N–H and O–H groups in total. The third kappa shape index (κ3) is 4.74. The Morgan fingerprint density at radius 3 is 2.28 bits per heavy atom. The number of anilines is 1. The number of rotatable bonds is 8. The molecule has 2 aromatic carbocycles. The molecule has 2 aromatic rings. The molecule has 7 nitrogen and oxygen atoms in total. The third-order valence-corrected chi connectivity index (χ3v) is 5.11. The summed E-state index contributed by atoms with van der Waals surface area (Å²) in [7, 11) is 4.83. The first-order valence-electron chi connectivity index (χ1n) is 9.62. The van der Waals surface area contributed by atoms with Crippen molar-refractivity contribution in [2.45, 2.75) is 25.3 Å². The van der Waals surface area contributed by atoms with Crippen LogP contribution >= 0.6 is 0 Å². The number of carbonyl (C=O) groups excluding carboxylic acids is 1. The molecule has 0 spiro atoms. The maximum atomic E-state index is 11.3. The number of nitrogens with two attached hydrogens (primary N) is 1. The second kappa shape index (κ2) is 9.52. The maximum Gasteiger partial charge on any atom is 0.248 e. The standard InChI is InChI=1S/C22H28N2O5/c1-26-18-13-16(12-14-4-6-15(7-5-14)22(23)25)19(21(28-3)20(18)27-2)24-17-8-10-29-11-9-17/h4-7,13,17,24H,8-12H2,1-3H3,(H2,23,25). The highest BCUT2D eigenvalue weighted by atomic mass is 16.5. The summed E-state index contributed by atoms with van der Waals surface area (Å²) in [4.78, 5) is 11.3. The number of hydrogen-bond acceptors (Lipinski definition) is 6. The first-order chi connectivity index (χ1) is 14.1. The fraction of sp³-hybridized carbons (Fsp3) is 0.409. The molecule has 29 heavy (non-hydrogen) atoms. The van der Waals surface area contributed by atoms with Gasteiger partial charge in [0, 0.05) is 24.8 Å². The summed E-state index contributed by atoms with van der Waals surface area (Å²) in [5.41, 5.74) is 8.77. The highest BCUT2D eigenvalue weighted by Crippen LogP contribution is 2.46. The quantitative estimate of drug-likeness (QED) is 0.708. The predicted molar refractivity (Wildman–Crippen MR) is 111 cm³/mol. The van der Waals surface area contributed by atoms with E-state index in [-0.39, 0.29) is 6.04 Å². The molecule has 1 saturated heterocycles. The highest BCUT2D eigenvalue weighted by Gasteiger charge is 2.24. The van der Waals surface area contributed by atoms with Crippen LogP contribution < -0.4 is 25.3 Å². The van der Waals surface area contributed by atoms with Crippen molar-refractivity contribution in [1.82, 2.24) is 0 Å². The molecular formula is C22H28N2O5.